The number of carbonyl (C=O) groups excluding carboxylic acids is 2. The van der Waals surface area contributed by atoms with Crippen LogP contribution in [0.2, 0.25) is 0 Å². The molecule has 2 amide bonds. The number of ether oxygens (including phenoxy) is 1. The number of hydrogen-bond acceptors (Lipinski definition) is 3. The number of methoxy groups -OCH3 is 1. The minimum atomic E-state index is -4.46. The molecule has 0 saturated carbocycles. The summed E-state index contributed by atoms with van der Waals surface area (Å²) in [7, 11) is 1.54. The van der Waals surface area contributed by atoms with E-state index in [2.05, 4.69) is 0 Å². The molecule has 1 aromatic rings. The lowest BCUT2D eigenvalue weighted by molar-refractivity contribution is -0.140. The van der Waals surface area contributed by atoms with Crippen LogP contribution in [0.1, 0.15) is 12.0 Å². The average molecular weight is 330 g/mol. The fraction of sp³-hybridized carbons (Fsp3) is 0.467. The summed E-state index contributed by atoms with van der Waals surface area (Å²) < 4.78 is 41.3. The third kappa shape index (κ3) is 4.87. The molecule has 1 atom stereocenters. The summed E-state index contributed by atoms with van der Waals surface area (Å²) in [4.78, 5) is 25.1. The minimum Gasteiger partial charge on any atom is -0.497 e. The van der Waals surface area contributed by atoms with Gasteiger partial charge in [0.1, 0.15) is 12.3 Å². The highest BCUT2D eigenvalue weighted by Gasteiger charge is 2.36. The van der Waals surface area contributed by atoms with Gasteiger partial charge in [-0.15, -0.1) is 0 Å². The Morgan fingerprint density at radius 1 is 1.35 bits per heavy atom. The number of halogens is 3. The van der Waals surface area contributed by atoms with Crippen LogP contribution in [0.5, 0.6) is 5.75 Å². The molecule has 1 saturated heterocycles. The van der Waals surface area contributed by atoms with Crippen LogP contribution in [-0.4, -0.2) is 43.1 Å². The quantitative estimate of drug-likeness (QED) is 0.894. The predicted octanol–water partition coefficient (Wildman–Crippen LogP) is 1.72. The number of nitrogens with one attached hydrogen (secondary N) is 1. The van der Waals surface area contributed by atoms with Crippen LogP contribution in [0.25, 0.3) is 0 Å². The largest absolute Gasteiger partial charge is 0.497 e. The third-order valence-corrected chi connectivity index (χ3v) is 3.58. The van der Waals surface area contributed by atoms with Gasteiger partial charge in [-0.05, 0) is 17.7 Å². The average Bonchev–Trinajstić information content (AvgIpc) is 2.86. The number of likely N-dealkylation sites (tertiary alicyclic amines) is 1. The Morgan fingerprint density at radius 2 is 2.00 bits per heavy atom. The fourth-order valence-corrected chi connectivity index (χ4v) is 2.38. The Hall–Kier alpha value is -2.25. The molecule has 2 rings (SSSR count). The summed E-state index contributed by atoms with van der Waals surface area (Å²) in [5.41, 5.74) is 0.857. The van der Waals surface area contributed by atoms with Crippen molar-refractivity contribution in [3.8, 4) is 5.75 Å². The molecule has 126 valence electrons. The number of hydrogen-bond donors (Lipinski definition) is 1. The van der Waals surface area contributed by atoms with Crippen LogP contribution in [0.3, 0.4) is 0 Å². The molecule has 0 bridgehead atoms. The number of alkyl halides is 3. The molecule has 1 fully saturated rings. The highest BCUT2D eigenvalue weighted by atomic mass is 19.4. The predicted molar refractivity (Wildman–Crippen MR) is 75.6 cm³/mol. The SMILES string of the molecule is COc1ccc(CN2C[C@@H](C(=O)NCC(F)(F)F)CC2=O)cc1. The molecule has 1 aromatic carbocycles. The molecule has 0 radical (unpaired) electrons. The molecule has 1 N–H and O–H groups in total. The zero-order valence-corrected chi connectivity index (χ0v) is 12.5. The van der Waals surface area contributed by atoms with Gasteiger partial charge >= 0.3 is 6.18 Å². The minimum absolute atomic E-state index is 0.0696. The Balaban J connectivity index is 1.90. The molecular weight excluding hydrogens is 313 g/mol. The Labute approximate surface area is 131 Å². The van der Waals surface area contributed by atoms with Crippen LogP contribution in [0, 0.1) is 5.92 Å². The molecule has 5 nitrogen and oxygen atoms in total. The van der Waals surface area contributed by atoms with Gasteiger partial charge in [-0.2, -0.15) is 13.2 Å². The second kappa shape index (κ2) is 6.89. The maximum atomic E-state index is 12.1. The van der Waals surface area contributed by atoms with Gasteiger partial charge < -0.3 is 15.0 Å². The molecule has 8 heteroatoms. The van der Waals surface area contributed by atoms with E-state index < -0.39 is 24.5 Å². The molecule has 0 aliphatic carbocycles. The Bertz CT molecular complexity index is 572. The highest BCUT2D eigenvalue weighted by molar-refractivity contribution is 5.89. The summed E-state index contributed by atoms with van der Waals surface area (Å²) in [6, 6.07) is 7.10. The Morgan fingerprint density at radius 3 is 2.57 bits per heavy atom. The van der Waals surface area contributed by atoms with Crippen molar-refractivity contribution in [2.75, 3.05) is 20.2 Å². The van der Waals surface area contributed by atoms with Crippen molar-refractivity contribution in [1.29, 1.82) is 0 Å². The van der Waals surface area contributed by atoms with Crippen LogP contribution in [0.15, 0.2) is 24.3 Å². The van der Waals surface area contributed by atoms with Crippen LogP contribution in [-0.2, 0) is 16.1 Å². The molecular formula is C15H17F3N2O3. The normalized spacial score (nSPS) is 18.2. The summed E-state index contributed by atoms with van der Waals surface area (Å²) in [5, 5.41) is 1.83. The van der Waals surface area contributed by atoms with Gasteiger partial charge in [-0.25, -0.2) is 0 Å². The summed E-state index contributed by atoms with van der Waals surface area (Å²) in [6.07, 6.45) is -4.53. The Kier molecular flexibility index (Phi) is 5.12. The molecule has 1 heterocycles. The van der Waals surface area contributed by atoms with Gasteiger partial charge in [0.2, 0.25) is 11.8 Å². The number of benzene rings is 1. The van der Waals surface area contributed by atoms with E-state index in [4.69, 9.17) is 4.74 Å². The zero-order chi connectivity index (χ0) is 17.0. The van der Waals surface area contributed by atoms with Crippen molar-refractivity contribution in [3.63, 3.8) is 0 Å². The lowest BCUT2D eigenvalue weighted by Crippen LogP contribution is -2.38. The molecule has 1 aliphatic rings. The van der Waals surface area contributed by atoms with Crippen molar-refractivity contribution < 1.29 is 27.5 Å². The van der Waals surface area contributed by atoms with Crippen LogP contribution >= 0.6 is 0 Å². The zero-order valence-electron chi connectivity index (χ0n) is 12.5. The van der Waals surface area contributed by atoms with E-state index in [9.17, 15) is 22.8 Å². The molecule has 23 heavy (non-hydrogen) atoms. The fourth-order valence-electron chi connectivity index (χ4n) is 2.38. The lowest BCUT2D eigenvalue weighted by Gasteiger charge is -2.17. The van der Waals surface area contributed by atoms with Gasteiger partial charge in [-0.1, -0.05) is 12.1 Å². The topological polar surface area (TPSA) is 58.6 Å². The van der Waals surface area contributed by atoms with E-state index in [1.807, 2.05) is 5.32 Å². The first-order chi connectivity index (χ1) is 10.8. The summed E-state index contributed by atoms with van der Waals surface area (Å²) >= 11 is 0. The second-order valence-electron chi connectivity index (χ2n) is 5.36. The van der Waals surface area contributed by atoms with Gasteiger partial charge in [-0.3, -0.25) is 9.59 Å². The van der Waals surface area contributed by atoms with Crippen LogP contribution in [0.4, 0.5) is 13.2 Å². The maximum Gasteiger partial charge on any atom is 0.405 e. The molecule has 1 aliphatic heterocycles. The van der Waals surface area contributed by atoms with Gasteiger partial charge in [0.05, 0.1) is 13.0 Å². The number of amides is 2. The van der Waals surface area contributed by atoms with Gasteiger partial charge in [0.15, 0.2) is 0 Å². The van der Waals surface area contributed by atoms with Crippen LogP contribution < -0.4 is 10.1 Å². The number of rotatable bonds is 5. The number of nitrogens with zero attached hydrogens (tertiary/aromatic N) is 1. The van der Waals surface area contributed by atoms with E-state index in [1.54, 1.807) is 31.4 Å². The summed E-state index contributed by atoms with van der Waals surface area (Å²) in [5.74, 6) is -1.05. The van der Waals surface area contributed by atoms with Crippen molar-refractivity contribution in [2.24, 2.45) is 5.92 Å². The smallest absolute Gasteiger partial charge is 0.405 e. The molecule has 0 spiro atoms. The van der Waals surface area contributed by atoms with Gasteiger partial charge in [0, 0.05) is 19.5 Å². The van der Waals surface area contributed by atoms with E-state index >= 15 is 0 Å². The first kappa shape index (κ1) is 17.1. The van der Waals surface area contributed by atoms with Crippen molar-refractivity contribution in [1.82, 2.24) is 10.2 Å². The van der Waals surface area contributed by atoms with Crippen molar-refractivity contribution >= 4 is 11.8 Å². The monoisotopic (exact) mass is 330 g/mol. The summed E-state index contributed by atoms with van der Waals surface area (Å²) in [6.45, 7) is -0.949. The van der Waals surface area contributed by atoms with E-state index in [0.717, 1.165) is 5.56 Å². The van der Waals surface area contributed by atoms with Gasteiger partial charge in [0.25, 0.3) is 0 Å². The van der Waals surface area contributed by atoms with Crippen molar-refractivity contribution in [3.05, 3.63) is 29.8 Å². The first-order valence-corrected chi connectivity index (χ1v) is 7.03. The van der Waals surface area contributed by atoms with E-state index in [-0.39, 0.29) is 18.9 Å². The highest BCUT2D eigenvalue weighted by Crippen LogP contribution is 2.22. The molecule has 0 aromatic heterocycles. The first-order valence-electron chi connectivity index (χ1n) is 7.03. The maximum absolute atomic E-state index is 12.1. The van der Waals surface area contributed by atoms with Crippen molar-refractivity contribution in [2.45, 2.75) is 19.1 Å². The van der Waals surface area contributed by atoms with E-state index in [1.165, 1.54) is 4.90 Å². The number of carbonyl (C=O) groups is 2. The second-order valence-corrected chi connectivity index (χ2v) is 5.36. The lowest BCUT2D eigenvalue weighted by atomic mass is 10.1. The third-order valence-electron chi connectivity index (χ3n) is 3.58. The standard InChI is InChI=1S/C15H17F3N2O3/c1-23-12-4-2-10(3-5-12)7-20-8-11(6-13(20)21)14(22)19-9-15(16,17)18/h2-5,11H,6-9H2,1H3,(H,19,22)/t11-/m0/s1. The molecule has 0 unspecified atom stereocenters. The van der Waals surface area contributed by atoms with E-state index in [0.29, 0.717) is 12.3 Å².